The van der Waals surface area contributed by atoms with Crippen LogP contribution in [0.3, 0.4) is 0 Å². The van der Waals surface area contributed by atoms with Crippen molar-refractivity contribution in [1.29, 1.82) is 0 Å². The Morgan fingerprint density at radius 1 is 0.833 bits per heavy atom. The highest BCUT2D eigenvalue weighted by Gasteiger charge is 2.27. The summed E-state index contributed by atoms with van der Waals surface area (Å²) in [6.45, 7) is 12.0. The van der Waals surface area contributed by atoms with Gasteiger partial charge in [0.1, 0.15) is 36.4 Å². The molecule has 4 N–H and O–H groups in total. The molecule has 54 heavy (non-hydrogen) atoms. The van der Waals surface area contributed by atoms with Crippen molar-refractivity contribution < 1.29 is 38.1 Å². The number of nitrogens with zero attached hydrogens (tertiary/aromatic N) is 2. The van der Waals surface area contributed by atoms with Crippen molar-refractivity contribution in [2.75, 3.05) is 31.2 Å². The number of hydrogen-bond acceptors (Lipinski definition) is 10. The zero-order valence-electron chi connectivity index (χ0n) is 32.1. The van der Waals surface area contributed by atoms with Gasteiger partial charge >= 0.3 is 18.0 Å². The molecule has 3 aromatic carbocycles. The van der Waals surface area contributed by atoms with Crippen molar-refractivity contribution in [2.45, 2.75) is 85.4 Å². The second kappa shape index (κ2) is 18.9. The number of carbonyl (C=O) groups is 4. The number of hydrogen-bond donors (Lipinski definition) is 3. The second-order valence-electron chi connectivity index (χ2n) is 15.0. The van der Waals surface area contributed by atoms with Gasteiger partial charge in [-0.3, -0.25) is 14.9 Å². The van der Waals surface area contributed by atoms with E-state index in [2.05, 4.69) is 26.6 Å². The van der Waals surface area contributed by atoms with E-state index in [1.807, 2.05) is 42.5 Å². The van der Waals surface area contributed by atoms with Crippen LogP contribution in [-0.4, -0.2) is 67.8 Å². The number of nitrogens with two attached hydrogens (primary N) is 1. The molecule has 1 aliphatic heterocycles. The topological polar surface area (TPSA) is 171 Å². The number of carbonyl (C=O) groups excluding carboxylic acids is 4. The molecule has 4 rings (SSSR count). The van der Waals surface area contributed by atoms with E-state index in [0.29, 0.717) is 22.6 Å². The van der Waals surface area contributed by atoms with E-state index >= 15 is 0 Å². The monoisotopic (exact) mass is 743 g/mol. The van der Waals surface area contributed by atoms with Crippen molar-refractivity contribution in [1.82, 2.24) is 10.6 Å². The summed E-state index contributed by atoms with van der Waals surface area (Å²) in [5.74, 6) is -0.333. The Hall–Kier alpha value is -5.59. The van der Waals surface area contributed by atoms with Gasteiger partial charge in [0.15, 0.2) is 5.96 Å². The van der Waals surface area contributed by atoms with Gasteiger partial charge in [-0.25, -0.2) is 14.6 Å². The van der Waals surface area contributed by atoms with E-state index in [9.17, 15) is 19.2 Å². The minimum Gasteiger partial charge on any atom is -0.462 e. The molecular formula is C41H53N5O8. The maximum Gasteiger partial charge on any atom is 0.408 e. The number of ether oxygens (including phenoxy) is 4. The summed E-state index contributed by atoms with van der Waals surface area (Å²) < 4.78 is 22.1. The van der Waals surface area contributed by atoms with Crippen LogP contribution >= 0.6 is 0 Å². The third kappa shape index (κ3) is 13.1. The quantitative estimate of drug-likeness (QED) is 0.0595. The lowest BCUT2D eigenvalue weighted by molar-refractivity contribution is -0.158. The second-order valence-corrected chi connectivity index (χ2v) is 15.0. The van der Waals surface area contributed by atoms with Crippen molar-refractivity contribution in [3.63, 3.8) is 0 Å². The molecule has 0 saturated carbocycles. The predicted molar refractivity (Wildman–Crippen MR) is 206 cm³/mol. The number of amides is 2. The van der Waals surface area contributed by atoms with E-state index in [4.69, 9.17) is 24.7 Å². The Morgan fingerprint density at radius 2 is 1.50 bits per heavy atom. The van der Waals surface area contributed by atoms with Crippen LogP contribution in [0.4, 0.5) is 10.5 Å². The van der Waals surface area contributed by atoms with Crippen LogP contribution in [0.2, 0.25) is 0 Å². The fourth-order valence-corrected chi connectivity index (χ4v) is 5.51. The lowest BCUT2D eigenvalue weighted by Crippen LogP contribution is -2.45. The van der Waals surface area contributed by atoms with E-state index in [1.54, 1.807) is 65.8 Å². The number of alkyl carbamates (subject to hydrolysis) is 1. The molecule has 13 heteroatoms. The summed E-state index contributed by atoms with van der Waals surface area (Å²) >= 11 is 0. The summed E-state index contributed by atoms with van der Waals surface area (Å²) in [6.07, 6.45) is 2.63. The smallest absolute Gasteiger partial charge is 0.408 e. The van der Waals surface area contributed by atoms with Crippen LogP contribution in [0, 0.1) is 5.41 Å². The molecule has 3 aromatic rings. The summed E-state index contributed by atoms with van der Waals surface area (Å²) in [6, 6.07) is 20.8. The number of aliphatic imine (C=N–C) groups is 1. The number of anilines is 1. The van der Waals surface area contributed by atoms with E-state index < -0.39 is 41.0 Å². The van der Waals surface area contributed by atoms with Gasteiger partial charge in [-0.05, 0) is 103 Å². The van der Waals surface area contributed by atoms with Gasteiger partial charge in [-0.2, -0.15) is 0 Å². The zero-order chi connectivity index (χ0) is 39.3. The molecule has 0 bridgehead atoms. The highest BCUT2D eigenvalue weighted by Crippen LogP contribution is 2.34. The van der Waals surface area contributed by atoms with Gasteiger partial charge < -0.3 is 34.9 Å². The van der Waals surface area contributed by atoms with Gasteiger partial charge in [0.25, 0.3) is 5.91 Å². The maximum atomic E-state index is 13.2. The largest absolute Gasteiger partial charge is 0.462 e. The first-order chi connectivity index (χ1) is 25.6. The minimum atomic E-state index is -1.12. The summed E-state index contributed by atoms with van der Waals surface area (Å²) in [4.78, 5) is 57.7. The molecule has 13 nitrogen and oxygen atoms in total. The first-order valence-electron chi connectivity index (χ1n) is 18.2. The van der Waals surface area contributed by atoms with Crippen LogP contribution in [0.5, 0.6) is 11.5 Å². The fraction of sp³-hybridized carbons (Fsp3) is 0.439. The molecule has 0 radical (unpaired) electrons. The first-order valence-corrected chi connectivity index (χ1v) is 18.2. The molecule has 0 aliphatic carbocycles. The standard InChI is InChI=1S/C41H53N5O8/c1-40(2,3)37(49)52-25-24-51-36(48)32(44-39(50)54-41(4,5)6)26-28-18-20-29(21-19-28)35(47)45-38(42)43-27-31-33(46-22-11-8-12-23-46)16-13-17-34(31)53-30-14-9-7-10-15-30/h7,9-10,13-21,32H,8,11-12,22-27H2,1-6H3,(H,44,50)(H3,42,43,45,47)/t32-/m0/s1. The molecular weight excluding hydrogens is 690 g/mol. The van der Waals surface area contributed by atoms with Crippen LogP contribution in [0.15, 0.2) is 77.8 Å². The van der Waals surface area contributed by atoms with Gasteiger partial charge in [0.05, 0.1) is 12.0 Å². The summed E-state index contributed by atoms with van der Waals surface area (Å²) in [7, 11) is 0. The molecule has 1 fully saturated rings. The average Bonchev–Trinajstić information content (AvgIpc) is 3.12. The Bertz CT molecular complexity index is 1760. The molecule has 0 spiro atoms. The Kier molecular flexibility index (Phi) is 14.4. The number of guanidine groups is 1. The molecule has 1 aliphatic rings. The number of rotatable bonds is 13. The highest BCUT2D eigenvalue weighted by atomic mass is 16.6. The Labute approximate surface area is 317 Å². The van der Waals surface area contributed by atoms with Crippen molar-refractivity contribution in [3.8, 4) is 11.5 Å². The normalized spacial score (nSPS) is 14.0. The van der Waals surface area contributed by atoms with Crippen LogP contribution in [0.1, 0.15) is 82.3 Å². The SMILES string of the molecule is CC(C)(C)OC(=O)N[C@@H](Cc1ccc(C(=O)NC(N)=NCc2c(Oc3ccccc3)cccc2N2CCCCC2)cc1)C(=O)OCCOC(=O)C(C)(C)C. The number of nitrogens with one attached hydrogen (secondary N) is 2. The first kappa shape index (κ1) is 41.2. The van der Waals surface area contributed by atoms with Crippen molar-refractivity contribution >= 4 is 35.6 Å². The lowest BCUT2D eigenvalue weighted by atomic mass is 9.97. The molecule has 290 valence electrons. The third-order valence-electron chi connectivity index (χ3n) is 8.23. The molecule has 1 saturated heterocycles. The minimum absolute atomic E-state index is 0.0369. The molecule has 0 aromatic heterocycles. The summed E-state index contributed by atoms with van der Waals surface area (Å²) in [5.41, 5.74) is 7.55. The predicted octanol–water partition coefficient (Wildman–Crippen LogP) is 6.28. The highest BCUT2D eigenvalue weighted by molar-refractivity contribution is 6.05. The summed E-state index contributed by atoms with van der Waals surface area (Å²) in [5, 5.41) is 5.22. The van der Waals surface area contributed by atoms with E-state index in [1.165, 1.54) is 6.42 Å². The Morgan fingerprint density at radius 3 is 2.15 bits per heavy atom. The number of esters is 2. The molecule has 2 amide bonds. The molecule has 0 unspecified atom stereocenters. The zero-order valence-corrected chi connectivity index (χ0v) is 32.1. The van der Waals surface area contributed by atoms with E-state index in [-0.39, 0.29) is 32.1 Å². The van der Waals surface area contributed by atoms with Gasteiger partial charge in [0, 0.05) is 36.3 Å². The molecule has 1 heterocycles. The van der Waals surface area contributed by atoms with Gasteiger partial charge in [-0.1, -0.05) is 36.4 Å². The van der Waals surface area contributed by atoms with E-state index in [0.717, 1.165) is 37.2 Å². The number of benzene rings is 3. The lowest BCUT2D eigenvalue weighted by Gasteiger charge is -2.31. The van der Waals surface area contributed by atoms with Gasteiger partial charge in [0.2, 0.25) is 0 Å². The van der Waals surface area contributed by atoms with Crippen molar-refractivity contribution in [2.24, 2.45) is 16.1 Å². The number of para-hydroxylation sites is 1. The third-order valence-corrected chi connectivity index (χ3v) is 8.23. The maximum absolute atomic E-state index is 13.2. The fourth-order valence-electron chi connectivity index (χ4n) is 5.51. The van der Waals surface area contributed by atoms with Gasteiger partial charge in [-0.15, -0.1) is 0 Å². The van der Waals surface area contributed by atoms with Crippen LogP contribution in [-0.2, 0) is 36.8 Å². The van der Waals surface area contributed by atoms with Crippen LogP contribution in [0.25, 0.3) is 0 Å². The molecule has 1 atom stereocenters. The van der Waals surface area contributed by atoms with Crippen molar-refractivity contribution in [3.05, 3.63) is 89.5 Å². The van der Waals surface area contributed by atoms with Crippen LogP contribution < -0.4 is 26.0 Å². The number of piperidine rings is 1. The average molecular weight is 744 g/mol. The Balaban J connectivity index is 1.42.